The Morgan fingerprint density at radius 1 is 0.875 bits per heavy atom. The number of hydrogen-bond acceptors (Lipinski definition) is 7. The number of nitrogens with zero attached hydrogens (tertiary/aromatic N) is 1. The summed E-state index contributed by atoms with van der Waals surface area (Å²) in [6, 6.07) is 18.6. The van der Waals surface area contributed by atoms with Crippen molar-refractivity contribution >= 4 is 29.3 Å². The van der Waals surface area contributed by atoms with Gasteiger partial charge in [-0.1, -0.05) is 132 Å². The van der Waals surface area contributed by atoms with Crippen LogP contribution in [-0.4, -0.2) is 59.0 Å². The molecular formula is C46H65F2NO6S. The minimum atomic E-state index is -2.85. The Bertz CT molecular complexity index is 1500. The third-order valence-corrected chi connectivity index (χ3v) is 11.1. The molecule has 0 aromatic heterocycles. The summed E-state index contributed by atoms with van der Waals surface area (Å²) in [5, 5.41) is -0.0613. The van der Waals surface area contributed by atoms with Crippen molar-refractivity contribution in [3.8, 4) is 0 Å². The maximum atomic E-state index is 15.0. The van der Waals surface area contributed by atoms with E-state index in [-0.39, 0.29) is 11.1 Å². The lowest BCUT2D eigenvalue weighted by Gasteiger charge is -2.39. The van der Waals surface area contributed by atoms with Crippen molar-refractivity contribution < 1.29 is 37.3 Å². The standard InChI is InChI=1S/C46H65F2NO6S/c1-7-8-9-13-22-29-45(52-31-32-53-45)30-23-14-11-10-12-21-28-37(38(33-39(47)48)42(51)54-44(4,5)6)41(50)49-40(34(2)3)46(55-43(49)56,35-24-17-15-18-25-35)36-26-19-16-20-27-36/h15-21,24-28,34,37-40H,7-14,22-23,29-33H2,1-6H3/b28-21+/t37-,38?,40-/m0/s1. The van der Waals surface area contributed by atoms with Gasteiger partial charge in [0.1, 0.15) is 5.60 Å². The molecule has 10 heteroatoms. The third kappa shape index (κ3) is 12.2. The molecule has 0 radical (unpaired) electrons. The number of carbonyl (C=O) groups excluding carboxylic acids is 2. The number of hydrogen-bond donors (Lipinski definition) is 0. The summed E-state index contributed by atoms with van der Waals surface area (Å²) in [5.41, 5.74) is -0.520. The van der Waals surface area contributed by atoms with Crippen molar-refractivity contribution in [3.63, 3.8) is 0 Å². The van der Waals surface area contributed by atoms with E-state index < -0.39 is 59.6 Å². The van der Waals surface area contributed by atoms with Gasteiger partial charge in [0, 0.05) is 30.4 Å². The highest BCUT2D eigenvalue weighted by Crippen LogP contribution is 2.48. The number of rotatable bonds is 22. The largest absolute Gasteiger partial charge is 0.460 e. The summed E-state index contributed by atoms with van der Waals surface area (Å²) in [4.78, 5) is 30.2. The number of alkyl halides is 2. The zero-order valence-corrected chi connectivity index (χ0v) is 35.3. The van der Waals surface area contributed by atoms with Gasteiger partial charge in [-0.25, -0.2) is 8.78 Å². The second-order valence-electron chi connectivity index (χ2n) is 16.7. The summed E-state index contributed by atoms with van der Waals surface area (Å²) in [7, 11) is 0. The first-order valence-corrected chi connectivity index (χ1v) is 21.3. The molecule has 0 bridgehead atoms. The van der Waals surface area contributed by atoms with Gasteiger partial charge in [-0.2, -0.15) is 0 Å². The minimum absolute atomic E-state index is 0.0613. The van der Waals surface area contributed by atoms with E-state index in [4.69, 9.17) is 31.2 Å². The minimum Gasteiger partial charge on any atom is -0.460 e. The van der Waals surface area contributed by atoms with Crippen molar-refractivity contribution in [1.29, 1.82) is 0 Å². The van der Waals surface area contributed by atoms with Crippen LogP contribution in [0.1, 0.15) is 136 Å². The summed E-state index contributed by atoms with van der Waals surface area (Å²) < 4.78 is 53.2. The molecule has 0 saturated carbocycles. The molecule has 56 heavy (non-hydrogen) atoms. The zero-order chi connectivity index (χ0) is 40.8. The molecule has 2 aliphatic rings. The Labute approximate surface area is 339 Å². The molecule has 0 spiro atoms. The maximum absolute atomic E-state index is 15.0. The number of benzene rings is 2. The fourth-order valence-electron chi connectivity index (χ4n) is 8.20. The third-order valence-electron chi connectivity index (χ3n) is 10.8. The Balaban J connectivity index is 1.55. The van der Waals surface area contributed by atoms with Gasteiger partial charge in [-0.15, -0.1) is 0 Å². The summed E-state index contributed by atoms with van der Waals surface area (Å²) >= 11 is 5.87. The highest BCUT2D eigenvalue weighted by atomic mass is 32.1. The lowest BCUT2D eigenvalue weighted by atomic mass is 9.75. The molecule has 2 aromatic rings. The van der Waals surface area contributed by atoms with E-state index in [2.05, 4.69) is 6.92 Å². The zero-order valence-electron chi connectivity index (χ0n) is 34.5. The maximum Gasteiger partial charge on any atom is 0.310 e. The highest BCUT2D eigenvalue weighted by Gasteiger charge is 2.59. The first kappa shape index (κ1) is 45.5. The van der Waals surface area contributed by atoms with Crippen LogP contribution in [-0.2, 0) is 34.1 Å². The first-order valence-electron chi connectivity index (χ1n) is 20.9. The second-order valence-corrected chi connectivity index (χ2v) is 17.0. The van der Waals surface area contributed by atoms with Gasteiger partial charge in [-0.05, 0) is 64.6 Å². The molecule has 3 atom stereocenters. The van der Waals surface area contributed by atoms with Crippen molar-refractivity contribution in [3.05, 3.63) is 83.9 Å². The molecule has 2 aliphatic heterocycles. The fraction of sp³-hybridized carbons (Fsp3) is 0.630. The van der Waals surface area contributed by atoms with Crippen LogP contribution in [0.4, 0.5) is 8.78 Å². The normalized spacial score (nSPS) is 19.1. The quantitative estimate of drug-likeness (QED) is 0.0508. The highest BCUT2D eigenvalue weighted by molar-refractivity contribution is 7.80. The number of amides is 1. The van der Waals surface area contributed by atoms with Gasteiger partial charge in [0.2, 0.25) is 12.3 Å². The number of halogens is 2. The molecule has 2 aromatic carbocycles. The monoisotopic (exact) mass is 797 g/mol. The van der Waals surface area contributed by atoms with Gasteiger partial charge in [0.25, 0.3) is 5.17 Å². The molecule has 1 unspecified atom stereocenters. The van der Waals surface area contributed by atoms with E-state index in [1.807, 2.05) is 80.6 Å². The van der Waals surface area contributed by atoms with Crippen LogP contribution in [0, 0.1) is 17.8 Å². The Morgan fingerprint density at radius 3 is 1.91 bits per heavy atom. The summed E-state index contributed by atoms with van der Waals surface area (Å²) in [6.07, 6.45) is 11.9. The number of unbranched alkanes of at least 4 members (excludes halogenated alkanes) is 8. The van der Waals surface area contributed by atoms with E-state index in [1.54, 1.807) is 26.8 Å². The summed E-state index contributed by atoms with van der Waals surface area (Å²) in [5.74, 6) is -4.78. The molecule has 2 saturated heterocycles. The second kappa shape index (κ2) is 21.5. The molecule has 2 heterocycles. The van der Waals surface area contributed by atoms with Crippen LogP contribution in [0.3, 0.4) is 0 Å². The lowest BCUT2D eigenvalue weighted by molar-refractivity contribution is -0.168. The van der Waals surface area contributed by atoms with Crippen LogP contribution in [0.5, 0.6) is 0 Å². The molecule has 310 valence electrons. The number of esters is 1. The smallest absolute Gasteiger partial charge is 0.310 e. The van der Waals surface area contributed by atoms with Crippen molar-refractivity contribution in [2.45, 2.75) is 154 Å². The van der Waals surface area contributed by atoms with E-state index >= 15 is 4.79 Å². The predicted octanol–water partition coefficient (Wildman–Crippen LogP) is 11.3. The Morgan fingerprint density at radius 2 is 1.41 bits per heavy atom. The van der Waals surface area contributed by atoms with E-state index in [0.717, 1.165) is 56.1 Å². The van der Waals surface area contributed by atoms with Crippen LogP contribution >= 0.6 is 12.2 Å². The number of allylic oxidation sites excluding steroid dienone is 1. The molecule has 0 aliphatic carbocycles. The average molecular weight is 798 g/mol. The fourth-order valence-corrected chi connectivity index (χ4v) is 8.54. The van der Waals surface area contributed by atoms with Gasteiger partial charge in [0.15, 0.2) is 11.4 Å². The SMILES string of the molecule is CCCCCCCC1(CCCCCC/C=C/[C@H](C(=O)N2C(=S)OC(c3ccccc3)(c3ccccc3)[C@@H]2C(C)C)C(CC(F)F)C(=O)OC(C)(C)C)OCCO1. The van der Waals surface area contributed by atoms with Crippen LogP contribution < -0.4 is 0 Å². The molecule has 7 nitrogen and oxygen atoms in total. The van der Waals surface area contributed by atoms with Crippen molar-refractivity contribution in [2.75, 3.05) is 13.2 Å². The number of ether oxygens (including phenoxy) is 4. The average Bonchev–Trinajstić information content (AvgIpc) is 3.76. The summed E-state index contributed by atoms with van der Waals surface area (Å²) in [6.45, 7) is 12.5. The molecule has 4 rings (SSSR count). The molecule has 0 N–H and O–H groups in total. The van der Waals surface area contributed by atoms with Crippen molar-refractivity contribution in [1.82, 2.24) is 4.90 Å². The van der Waals surface area contributed by atoms with Gasteiger partial charge in [0.05, 0.1) is 31.1 Å². The number of thiocarbonyl (C=S) groups is 1. The predicted molar refractivity (Wildman–Crippen MR) is 221 cm³/mol. The van der Waals surface area contributed by atoms with Crippen LogP contribution in [0.15, 0.2) is 72.8 Å². The van der Waals surface area contributed by atoms with Crippen LogP contribution in [0.25, 0.3) is 0 Å². The molecule has 1 amide bonds. The Kier molecular flexibility index (Phi) is 17.5. The first-order chi connectivity index (χ1) is 26.7. The van der Waals surface area contributed by atoms with Gasteiger partial charge in [-0.3, -0.25) is 14.5 Å². The molecular weight excluding hydrogens is 733 g/mol. The van der Waals surface area contributed by atoms with Crippen molar-refractivity contribution in [2.24, 2.45) is 17.8 Å². The van der Waals surface area contributed by atoms with E-state index in [1.165, 1.54) is 30.6 Å². The van der Waals surface area contributed by atoms with E-state index in [0.29, 0.717) is 19.6 Å². The molecule has 2 fully saturated rings. The lowest BCUT2D eigenvalue weighted by Crippen LogP contribution is -2.52. The Hall–Kier alpha value is -3.21. The van der Waals surface area contributed by atoms with E-state index in [9.17, 15) is 13.6 Å². The number of carbonyl (C=O) groups is 2. The van der Waals surface area contributed by atoms with Gasteiger partial charge < -0.3 is 18.9 Å². The van der Waals surface area contributed by atoms with Gasteiger partial charge >= 0.3 is 5.97 Å². The van der Waals surface area contributed by atoms with Crippen LogP contribution in [0.2, 0.25) is 0 Å². The topological polar surface area (TPSA) is 74.3 Å².